The SMILES string of the molecule is O=S(=O)(c1ccc(F)cc1)N1CCCN(Cc2nnc(-c3cccs3)o2)CC1. The lowest BCUT2D eigenvalue weighted by Gasteiger charge is -2.21. The summed E-state index contributed by atoms with van der Waals surface area (Å²) in [5, 5.41) is 10.1. The monoisotopic (exact) mass is 422 g/mol. The summed E-state index contributed by atoms with van der Waals surface area (Å²) in [6, 6.07) is 8.78. The Bertz CT molecular complexity index is 1020. The number of nitrogens with zero attached hydrogens (tertiary/aromatic N) is 4. The number of rotatable bonds is 5. The third-order valence-electron chi connectivity index (χ3n) is 4.56. The van der Waals surface area contributed by atoms with Gasteiger partial charge in [-0.05, 0) is 48.7 Å². The normalized spacial score (nSPS) is 16.9. The quantitative estimate of drug-likeness (QED) is 0.629. The first-order chi connectivity index (χ1) is 13.5. The zero-order chi connectivity index (χ0) is 19.6. The third kappa shape index (κ3) is 4.14. The van der Waals surface area contributed by atoms with Crippen LogP contribution in [0.1, 0.15) is 12.3 Å². The minimum Gasteiger partial charge on any atom is -0.419 e. The first kappa shape index (κ1) is 19.2. The zero-order valence-corrected chi connectivity index (χ0v) is 16.6. The summed E-state index contributed by atoms with van der Waals surface area (Å²) in [5.74, 6) is 0.557. The Labute approximate surface area is 166 Å². The fourth-order valence-corrected chi connectivity index (χ4v) is 5.22. The van der Waals surface area contributed by atoms with E-state index in [1.807, 2.05) is 17.5 Å². The van der Waals surface area contributed by atoms with Crippen LogP contribution in [-0.2, 0) is 16.6 Å². The van der Waals surface area contributed by atoms with Gasteiger partial charge in [0.1, 0.15) is 5.82 Å². The molecule has 1 saturated heterocycles. The Morgan fingerprint density at radius 2 is 1.89 bits per heavy atom. The highest BCUT2D eigenvalue weighted by molar-refractivity contribution is 7.89. The van der Waals surface area contributed by atoms with Crippen molar-refractivity contribution in [2.24, 2.45) is 0 Å². The molecule has 3 aromatic rings. The summed E-state index contributed by atoms with van der Waals surface area (Å²) < 4.78 is 45.9. The number of hydrogen-bond donors (Lipinski definition) is 0. The molecule has 3 heterocycles. The smallest absolute Gasteiger partial charge is 0.257 e. The summed E-state index contributed by atoms with van der Waals surface area (Å²) in [4.78, 5) is 3.14. The van der Waals surface area contributed by atoms with Gasteiger partial charge in [-0.3, -0.25) is 4.90 Å². The van der Waals surface area contributed by atoms with Gasteiger partial charge in [0, 0.05) is 19.6 Å². The Morgan fingerprint density at radius 3 is 2.64 bits per heavy atom. The van der Waals surface area contributed by atoms with Gasteiger partial charge in [-0.15, -0.1) is 21.5 Å². The molecule has 148 valence electrons. The molecule has 0 aliphatic carbocycles. The van der Waals surface area contributed by atoms with Crippen LogP contribution in [0.3, 0.4) is 0 Å². The molecule has 4 rings (SSSR count). The van der Waals surface area contributed by atoms with Gasteiger partial charge in [-0.1, -0.05) is 6.07 Å². The molecule has 1 aromatic carbocycles. The van der Waals surface area contributed by atoms with E-state index in [4.69, 9.17) is 4.42 Å². The van der Waals surface area contributed by atoms with Crippen molar-refractivity contribution in [3.8, 4) is 10.8 Å². The lowest BCUT2D eigenvalue weighted by Crippen LogP contribution is -2.35. The fourth-order valence-electron chi connectivity index (χ4n) is 3.11. The van der Waals surface area contributed by atoms with Crippen molar-refractivity contribution in [1.29, 1.82) is 0 Å². The van der Waals surface area contributed by atoms with E-state index in [9.17, 15) is 12.8 Å². The van der Waals surface area contributed by atoms with Crippen molar-refractivity contribution in [3.63, 3.8) is 0 Å². The van der Waals surface area contributed by atoms with Crippen LogP contribution in [0.25, 0.3) is 10.8 Å². The predicted molar refractivity (Wildman–Crippen MR) is 103 cm³/mol. The molecule has 28 heavy (non-hydrogen) atoms. The number of thiophene rings is 1. The molecule has 0 amide bonds. The average Bonchev–Trinajstić information content (AvgIpc) is 3.31. The molecule has 0 unspecified atom stereocenters. The van der Waals surface area contributed by atoms with Gasteiger partial charge in [0.05, 0.1) is 16.3 Å². The van der Waals surface area contributed by atoms with E-state index in [1.165, 1.54) is 27.8 Å². The van der Waals surface area contributed by atoms with E-state index in [0.29, 0.717) is 44.4 Å². The largest absolute Gasteiger partial charge is 0.419 e. The number of aromatic nitrogens is 2. The lowest BCUT2D eigenvalue weighted by atomic mass is 10.4. The first-order valence-corrected chi connectivity index (χ1v) is 11.2. The van der Waals surface area contributed by atoms with E-state index in [-0.39, 0.29) is 4.90 Å². The zero-order valence-electron chi connectivity index (χ0n) is 15.0. The molecule has 1 aliphatic heterocycles. The molecule has 1 fully saturated rings. The molecule has 0 atom stereocenters. The molecule has 0 saturated carbocycles. The van der Waals surface area contributed by atoms with Crippen molar-refractivity contribution >= 4 is 21.4 Å². The molecule has 10 heteroatoms. The second-order valence-electron chi connectivity index (χ2n) is 6.47. The number of halogens is 1. The van der Waals surface area contributed by atoms with Crippen LogP contribution < -0.4 is 0 Å². The second-order valence-corrected chi connectivity index (χ2v) is 9.35. The van der Waals surface area contributed by atoms with Crippen molar-refractivity contribution in [2.75, 3.05) is 26.2 Å². The highest BCUT2D eigenvalue weighted by Gasteiger charge is 2.27. The minimum atomic E-state index is -3.63. The summed E-state index contributed by atoms with van der Waals surface area (Å²) in [6.45, 7) is 2.53. The first-order valence-electron chi connectivity index (χ1n) is 8.87. The van der Waals surface area contributed by atoms with Crippen LogP contribution >= 0.6 is 11.3 Å². The Hall–Kier alpha value is -2.14. The van der Waals surface area contributed by atoms with Gasteiger partial charge in [-0.2, -0.15) is 4.31 Å². The number of hydrogen-bond acceptors (Lipinski definition) is 7. The molecule has 0 N–H and O–H groups in total. The van der Waals surface area contributed by atoms with E-state index in [1.54, 1.807) is 0 Å². The van der Waals surface area contributed by atoms with Crippen molar-refractivity contribution < 1.29 is 17.2 Å². The van der Waals surface area contributed by atoms with Crippen molar-refractivity contribution in [2.45, 2.75) is 17.9 Å². The molecular formula is C18H19FN4O3S2. The topological polar surface area (TPSA) is 79.5 Å². The van der Waals surface area contributed by atoms with Crippen LogP contribution in [0.2, 0.25) is 0 Å². The Balaban J connectivity index is 1.40. The molecule has 2 aromatic heterocycles. The Morgan fingerprint density at radius 1 is 1.07 bits per heavy atom. The van der Waals surface area contributed by atoms with Gasteiger partial charge in [0.15, 0.2) is 0 Å². The molecular weight excluding hydrogens is 403 g/mol. The molecule has 7 nitrogen and oxygen atoms in total. The van der Waals surface area contributed by atoms with Crippen molar-refractivity contribution in [3.05, 3.63) is 53.5 Å². The van der Waals surface area contributed by atoms with Gasteiger partial charge < -0.3 is 4.42 Å². The summed E-state index contributed by atoms with van der Waals surface area (Å²) >= 11 is 1.53. The predicted octanol–water partition coefficient (Wildman–Crippen LogP) is 2.83. The van der Waals surface area contributed by atoms with E-state index in [2.05, 4.69) is 15.1 Å². The maximum Gasteiger partial charge on any atom is 0.257 e. The Kier molecular flexibility index (Phi) is 5.54. The third-order valence-corrected chi connectivity index (χ3v) is 7.33. The van der Waals surface area contributed by atoms with Crippen molar-refractivity contribution in [1.82, 2.24) is 19.4 Å². The van der Waals surface area contributed by atoms with Crippen LogP contribution in [0, 0.1) is 5.82 Å². The maximum atomic E-state index is 13.1. The fraction of sp³-hybridized carbons (Fsp3) is 0.333. The summed E-state index contributed by atoms with van der Waals surface area (Å²) in [7, 11) is -3.63. The molecule has 0 bridgehead atoms. The second kappa shape index (κ2) is 8.08. The van der Waals surface area contributed by atoms with E-state index in [0.717, 1.165) is 23.6 Å². The molecule has 0 spiro atoms. The van der Waals surface area contributed by atoms with Gasteiger partial charge >= 0.3 is 0 Å². The molecule has 0 radical (unpaired) electrons. The van der Waals surface area contributed by atoms with Gasteiger partial charge in [-0.25, -0.2) is 12.8 Å². The van der Waals surface area contributed by atoms with Crippen LogP contribution in [0.15, 0.2) is 51.1 Å². The van der Waals surface area contributed by atoms with Crippen LogP contribution in [0.5, 0.6) is 0 Å². The van der Waals surface area contributed by atoms with Gasteiger partial charge in [0.25, 0.3) is 5.89 Å². The number of sulfonamides is 1. The highest BCUT2D eigenvalue weighted by atomic mass is 32.2. The minimum absolute atomic E-state index is 0.111. The summed E-state index contributed by atoms with van der Waals surface area (Å²) in [6.07, 6.45) is 0.687. The molecule has 1 aliphatic rings. The lowest BCUT2D eigenvalue weighted by molar-refractivity contribution is 0.251. The van der Waals surface area contributed by atoms with Gasteiger partial charge in [0.2, 0.25) is 15.9 Å². The van der Waals surface area contributed by atoms with Crippen LogP contribution in [-0.4, -0.2) is 54.0 Å². The summed E-state index contributed by atoms with van der Waals surface area (Å²) in [5.41, 5.74) is 0. The maximum absolute atomic E-state index is 13.1. The average molecular weight is 423 g/mol. The van der Waals surface area contributed by atoms with E-state index >= 15 is 0 Å². The van der Waals surface area contributed by atoms with Crippen LogP contribution in [0.4, 0.5) is 4.39 Å². The standard InChI is InChI=1S/C18H19FN4O3S2/c19-14-4-6-15(7-5-14)28(24,25)23-9-2-8-22(10-11-23)13-17-20-21-18(26-17)16-3-1-12-27-16/h1,3-7,12H,2,8-11,13H2. The number of benzene rings is 1. The van der Waals surface area contributed by atoms with E-state index < -0.39 is 15.8 Å². The highest BCUT2D eigenvalue weighted by Crippen LogP contribution is 2.24.